The standard InChI is InChI=1S/C27H19N3O/c1-16-13-24(28-14-17(16)2)21-10-6-9-19-20-11-12-23-22(26(20)31-25(19)21)15-29-27(30-23)18-7-4-3-5-8-18/h3-15H,1-2H3/i1D3,2D3. The average molecular weight is 408 g/mol. The first-order valence-corrected chi connectivity index (χ1v) is 9.79. The summed E-state index contributed by atoms with van der Waals surface area (Å²) in [6.45, 7) is -5.22. The van der Waals surface area contributed by atoms with Gasteiger partial charge in [0.05, 0.1) is 16.6 Å². The van der Waals surface area contributed by atoms with Gasteiger partial charge in [-0.25, -0.2) is 9.97 Å². The van der Waals surface area contributed by atoms with Gasteiger partial charge in [-0.05, 0) is 49.1 Å². The van der Waals surface area contributed by atoms with E-state index in [1.165, 1.54) is 6.07 Å². The quantitative estimate of drug-likeness (QED) is 0.314. The Morgan fingerprint density at radius 3 is 2.48 bits per heavy atom. The molecule has 148 valence electrons. The predicted octanol–water partition coefficient (Wildman–Crippen LogP) is 6.88. The molecule has 4 heteroatoms. The highest BCUT2D eigenvalue weighted by Crippen LogP contribution is 2.38. The third kappa shape index (κ3) is 2.80. The molecule has 0 fully saturated rings. The summed E-state index contributed by atoms with van der Waals surface area (Å²) < 4.78 is 53.2. The summed E-state index contributed by atoms with van der Waals surface area (Å²) in [4.78, 5) is 13.6. The molecule has 3 heterocycles. The zero-order valence-corrected chi connectivity index (χ0v) is 16.3. The maximum atomic E-state index is 7.89. The first-order chi connectivity index (χ1) is 17.6. The van der Waals surface area contributed by atoms with Crippen molar-refractivity contribution in [2.45, 2.75) is 13.7 Å². The van der Waals surface area contributed by atoms with Crippen LogP contribution in [0.3, 0.4) is 0 Å². The van der Waals surface area contributed by atoms with Crippen molar-refractivity contribution in [2.75, 3.05) is 0 Å². The number of hydrogen-bond donors (Lipinski definition) is 0. The number of furan rings is 1. The van der Waals surface area contributed by atoms with Crippen molar-refractivity contribution in [1.82, 2.24) is 15.0 Å². The average Bonchev–Trinajstić information content (AvgIpc) is 3.27. The second kappa shape index (κ2) is 6.74. The maximum Gasteiger partial charge on any atom is 0.159 e. The van der Waals surface area contributed by atoms with Crippen molar-refractivity contribution in [1.29, 1.82) is 0 Å². The summed E-state index contributed by atoms with van der Waals surface area (Å²) in [6.07, 6.45) is 2.87. The minimum absolute atomic E-state index is 0.252. The Balaban J connectivity index is 1.56. The lowest BCUT2D eigenvalue weighted by Crippen LogP contribution is -1.89. The lowest BCUT2D eigenvalue weighted by atomic mass is 10.0. The van der Waals surface area contributed by atoms with E-state index < -0.39 is 13.7 Å². The highest BCUT2D eigenvalue weighted by molar-refractivity contribution is 6.16. The molecule has 0 radical (unpaired) electrons. The second-order valence-electron chi connectivity index (χ2n) is 7.33. The van der Waals surface area contributed by atoms with E-state index in [0.717, 1.165) is 33.4 Å². The van der Waals surface area contributed by atoms with Crippen LogP contribution in [-0.2, 0) is 0 Å². The van der Waals surface area contributed by atoms with Gasteiger partial charge in [-0.3, -0.25) is 4.98 Å². The van der Waals surface area contributed by atoms with Crippen LogP contribution in [0.1, 0.15) is 19.4 Å². The summed E-state index contributed by atoms with van der Waals surface area (Å²) >= 11 is 0. The molecule has 0 N–H and O–H groups in total. The Morgan fingerprint density at radius 2 is 1.61 bits per heavy atom. The van der Waals surface area contributed by atoms with E-state index in [-0.39, 0.29) is 11.1 Å². The Hall–Kier alpha value is -4.05. The van der Waals surface area contributed by atoms with Crippen molar-refractivity contribution in [2.24, 2.45) is 0 Å². The summed E-state index contributed by atoms with van der Waals surface area (Å²) in [5.74, 6) is 0.611. The van der Waals surface area contributed by atoms with Crippen LogP contribution in [0.4, 0.5) is 0 Å². The van der Waals surface area contributed by atoms with Gasteiger partial charge in [-0.2, -0.15) is 0 Å². The molecular formula is C27H19N3O. The molecule has 0 aliphatic heterocycles. The van der Waals surface area contributed by atoms with E-state index in [1.807, 2.05) is 54.6 Å². The van der Waals surface area contributed by atoms with Gasteiger partial charge in [0.2, 0.25) is 0 Å². The predicted molar refractivity (Wildman–Crippen MR) is 125 cm³/mol. The fraction of sp³-hybridized carbons (Fsp3) is 0.0741. The molecule has 0 saturated carbocycles. The van der Waals surface area contributed by atoms with Gasteiger partial charge in [-0.15, -0.1) is 0 Å². The van der Waals surface area contributed by atoms with E-state index >= 15 is 0 Å². The molecule has 0 unspecified atom stereocenters. The van der Waals surface area contributed by atoms with E-state index in [9.17, 15) is 0 Å². The number of nitrogens with zero attached hydrogens (tertiary/aromatic N) is 3. The van der Waals surface area contributed by atoms with Crippen LogP contribution in [-0.4, -0.2) is 15.0 Å². The summed E-state index contributed by atoms with van der Waals surface area (Å²) in [5, 5.41) is 2.42. The molecule has 3 aromatic heterocycles. The first kappa shape index (κ1) is 12.6. The van der Waals surface area contributed by atoms with Gasteiger partial charge in [0.1, 0.15) is 11.2 Å². The number of hydrogen-bond acceptors (Lipinski definition) is 4. The molecule has 0 aliphatic carbocycles. The van der Waals surface area contributed by atoms with Gasteiger partial charge in [0.15, 0.2) is 5.82 Å². The van der Waals surface area contributed by atoms with Crippen LogP contribution in [0.25, 0.3) is 55.5 Å². The molecule has 0 bridgehead atoms. The van der Waals surface area contributed by atoms with Crippen LogP contribution in [0, 0.1) is 13.7 Å². The number of aromatic nitrogens is 3. The SMILES string of the molecule is [2H]C([2H])([2H])c1cnc(-c2cccc3c2oc2c4cnc(-c5ccccc5)nc4ccc32)cc1C([2H])([2H])[2H]. The van der Waals surface area contributed by atoms with Crippen molar-refractivity contribution < 1.29 is 12.6 Å². The fourth-order valence-corrected chi connectivity index (χ4v) is 3.89. The second-order valence-corrected chi connectivity index (χ2v) is 7.33. The van der Waals surface area contributed by atoms with Crippen LogP contribution in [0.15, 0.2) is 83.5 Å². The largest absolute Gasteiger partial charge is 0.455 e. The highest BCUT2D eigenvalue weighted by Gasteiger charge is 2.16. The minimum Gasteiger partial charge on any atom is -0.455 e. The van der Waals surface area contributed by atoms with Crippen LogP contribution < -0.4 is 0 Å². The Kier molecular flexibility index (Phi) is 2.74. The lowest BCUT2D eigenvalue weighted by Gasteiger charge is -2.05. The van der Waals surface area contributed by atoms with E-state index in [0.29, 0.717) is 28.2 Å². The van der Waals surface area contributed by atoms with Crippen LogP contribution in [0.2, 0.25) is 0 Å². The van der Waals surface area contributed by atoms with Crippen molar-refractivity contribution >= 4 is 32.8 Å². The Bertz CT molecular complexity index is 1810. The molecule has 0 aliphatic rings. The summed E-state index contributed by atoms with van der Waals surface area (Å²) in [6, 6.07) is 20.4. The molecule has 31 heavy (non-hydrogen) atoms. The van der Waals surface area contributed by atoms with Gasteiger partial charge in [-0.1, -0.05) is 42.5 Å². The van der Waals surface area contributed by atoms with Crippen LogP contribution >= 0.6 is 0 Å². The number of benzene rings is 3. The molecule has 6 rings (SSSR count). The summed E-state index contributed by atoms with van der Waals surface area (Å²) in [5.41, 5.74) is 3.10. The van der Waals surface area contributed by atoms with Gasteiger partial charge < -0.3 is 4.42 Å². The molecule has 0 atom stereocenters. The van der Waals surface area contributed by atoms with Crippen molar-refractivity contribution in [3.05, 3.63) is 90.3 Å². The minimum atomic E-state index is -2.62. The topological polar surface area (TPSA) is 51.8 Å². The lowest BCUT2D eigenvalue weighted by molar-refractivity contribution is 0.673. The van der Waals surface area contributed by atoms with Crippen molar-refractivity contribution in [3.63, 3.8) is 0 Å². The number of aryl methyl sites for hydroxylation is 2. The van der Waals surface area contributed by atoms with Gasteiger partial charge in [0, 0.05) is 42.5 Å². The number of rotatable bonds is 2. The smallest absolute Gasteiger partial charge is 0.159 e. The number of pyridine rings is 1. The van der Waals surface area contributed by atoms with Crippen molar-refractivity contribution in [3.8, 4) is 22.6 Å². The molecule has 6 aromatic rings. The zero-order valence-electron chi connectivity index (χ0n) is 22.3. The van der Waals surface area contributed by atoms with E-state index in [2.05, 4.69) is 9.97 Å². The maximum absolute atomic E-state index is 7.89. The molecule has 4 nitrogen and oxygen atoms in total. The normalized spacial score (nSPS) is 15.2. The monoisotopic (exact) mass is 407 g/mol. The third-order valence-corrected chi connectivity index (χ3v) is 5.44. The summed E-state index contributed by atoms with van der Waals surface area (Å²) in [7, 11) is 0. The van der Waals surface area contributed by atoms with Gasteiger partial charge >= 0.3 is 0 Å². The Labute approximate surface area is 187 Å². The highest BCUT2D eigenvalue weighted by atomic mass is 16.3. The van der Waals surface area contributed by atoms with Gasteiger partial charge in [0.25, 0.3) is 0 Å². The van der Waals surface area contributed by atoms with E-state index in [1.54, 1.807) is 12.3 Å². The molecule has 3 aromatic carbocycles. The Morgan fingerprint density at radius 1 is 0.742 bits per heavy atom. The third-order valence-electron chi connectivity index (χ3n) is 5.44. The number of fused-ring (bicyclic) bond motifs is 5. The fourth-order valence-electron chi connectivity index (χ4n) is 3.89. The molecule has 0 saturated heterocycles. The van der Waals surface area contributed by atoms with Crippen LogP contribution in [0.5, 0.6) is 0 Å². The molecule has 0 amide bonds. The van der Waals surface area contributed by atoms with E-state index in [4.69, 9.17) is 17.6 Å². The first-order valence-electron chi connectivity index (χ1n) is 12.8. The zero-order chi connectivity index (χ0) is 25.9. The molecule has 0 spiro atoms. The number of para-hydroxylation sites is 1. The molecular weight excluding hydrogens is 382 g/mol.